The topological polar surface area (TPSA) is 88.7 Å². The number of Topliss-reactive ketones (excluding diaryl/α,β-unsaturated/α-hetero) is 1. The first-order chi connectivity index (χ1) is 17.4. The van der Waals surface area contributed by atoms with Gasteiger partial charge in [-0.2, -0.15) is 0 Å². The molecule has 0 aromatic rings. The van der Waals surface area contributed by atoms with Crippen molar-refractivity contribution in [2.45, 2.75) is 149 Å². The molecule has 2 saturated heterocycles. The molecular formula is C32H50O6. The van der Waals surface area contributed by atoms with Crippen LogP contribution in [0, 0.1) is 39.4 Å². The van der Waals surface area contributed by atoms with Crippen molar-refractivity contribution in [1.82, 2.24) is 0 Å². The number of aliphatic hydroxyl groups excluding tert-OH is 1. The van der Waals surface area contributed by atoms with Gasteiger partial charge in [0.25, 0.3) is 0 Å². The van der Waals surface area contributed by atoms with Crippen molar-refractivity contribution < 1.29 is 28.9 Å². The second-order valence-electron chi connectivity index (χ2n) is 16.0. The molecule has 4 aliphatic carbocycles. The lowest BCUT2D eigenvalue weighted by Crippen LogP contribution is -2.69. The number of hydrogen-bond donors (Lipinski definition) is 1. The van der Waals surface area contributed by atoms with Crippen molar-refractivity contribution in [1.29, 1.82) is 0 Å². The van der Waals surface area contributed by atoms with E-state index >= 15 is 0 Å². The van der Waals surface area contributed by atoms with Gasteiger partial charge >= 0.3 is 5.97 Å². The maximum absolute atomic E-state index is 13.0. The lowest BCUT2D eigenvalue weighted by atomic mass is 9.35. The van der Waals surface area contributed by atoms with E-state index in [-0.39, 0.29) is 68.5 Å². The minimum atomic E-state index is -0.452. The molecule has 0 bridgehead atoms. The lowest BCUT2D eigenvalue weighted by molar-refractivity contribution is -0.242. The molecule has 2 aliphatic heterocycles. The van der Waals surface area contributed by atoms with Crippen LogP contribution >= 0.6 is 0 Å². The van der Waals surface area contributed by atoms with E-state index in [0.29, 0.717) is 31.0 Å². The van der Waals surface area contributed by atoms with E-state index in [2.05, 4.69) is 41.5 Å². The number of esters is 1. The normalized spacial score (nSPS) is 53.1. The van der Waals surface area contributed by atoms with Gasteiger partial charge in [0.1, 0.15) is 29.2 Å². The molecule has 38 heavy (non-hydrogen) atoms. The summed E-state index contributed by atoms with van der Waals surface area (Å²) in [5.41, 5.74) is -1.43. The zero-order valence-electron chi connectivity index (χ0n) is 25.1. The molecule has 0 aromatic carbocycles. The SMILES string of the molecule is CC(=O)O[C@@H](C[C@@H](C)[C@]12CC[C@@]3(C)[C@@]1(C[C@H](O)[C@H]1[C@@]4(C)CCC(=O)C(C)(C)[C@H]4CC[C@@]13C)O2)[C@H]1OC1(C)C. The predicted molar refractivity (Wildman–Crippen MR) is 143 cm³/mol. The van der Waals surface area contributed by atoms with Crippen LogP contribution in [0.5, 0.6) is 0 Å². The molecule has 11 atom stereocenters. The molecule has 6 aliphatic rings. The van der Waals surface area contributed by atoms with Gasteiger partial charge in [-0.25, -0.2) is 0 Å². The van der Waals surface area contributed by atoms with Crippen molar-refractivity contribution in [3.63, 3.8) is 0 Å². The number of carbonyl (C=O) groups excluding carboxylic acids is 2. The molecule has 6 nitrogen and oxygen atoms in total. The van der Waals surface area contributed by atoms with Gasteiger partial charge in [-0.1, -0.05) is 41.5 Å². The van der Waals surface area contributed by atoms with Crippen molar-refractivity contribution in [2.24, 2.45) is 39.4 Å². The summed E-state index contributed by atoms with van der Waals surface area (Å²) in [6, 6.07) is 0. The van der Waals surface area contributed by atoms with Crippen LogP contribution < -0.4 is 0 Å². The highest BCUT2D eigenvalue weighted by Crippen LogP contribution is 2.84. The Hall–Kier alpha value is -0.980. The minimum Gasteiger partial charge on any atom is -0.460 e. The Labute approximate surface area is 228 Å². The van der Waals surface area contributed by atoms with Gasteiger partial charge < -0.3 is 19.3 Å². The Balaban J connectivity index is 1.31. The third-order valence-corrected chi connectivity index (χ3v) is 13.7. The third-order valence-electron chi connectivity index (χ3n) is 13.7. The fourth-order valence-electron chi connectivity index (χ4n) is 11.7. The van der Waals surface area contributed by atoms with Gasteiger partial charge in [0.15, 0.2) is 0 Å². The zero-order chi connectivity index (χ0) is 27.9. The first kappa shape index (κ1) is 27.2. The maximum atomic E-state index is 13.0. The fourth-order valence-corrected chi connectivity index (χ4v) is 11.7. The van der Waals surface area contributed by atoms with E-state index in [1.807, 2.05) is 13.8 Å². The van der Waals surface area contributed by atoms with Crippen LogP contribution in [0.15, 0.2) is 0 Å². The smallest absolute Gasteiger partial charge is 0.302 e. The second kappa shape index (κ2) is 7.64. The molecule has 0 radical (unpaired) electrons. The molecule has 0 aromatic heterocycles. The average Bonchev–Trinajstić information content (AvgIpc) is 3.62. The molecule has 0 amide bonds. The van der Waals surface area contributed by atoms with E-state index in [9.17, 15) is 14.7 Å². The quantitative estimate of drug-likeness (QED) is 0.367. The largest absolute Gasteiger partial charge is 0.460 e. The summed E-state index contributed by atoms with van der Waals surface area (Å²) >= 11 is 0. The highest BCUT2D eigenvalue weighted by atomic mass is 16.6. The standard InChI is InChI=1S/C32H50O6/c1-18(16-21(36-19(2)33)25-27(5,6)37-25)31-15-14-30(9)29(8)13-10-22-26(3,4)23(35)11-12-28(22,7)24(29)20(34)17-32(30,31)38-31/h18,20-22,24-25,34H,10-17H2,1-9H3/t18-,20+,21+,22-,24+,25-,28+,29+,30-,31-,32-/m1/s1. The van der Waals surface area contributed by atoms with Crippen LogP contribution in [-0.2, 0) is 23.8 Å². The van der Waals surface area contributed by atoms with Crippen LogP contribution in [0.25, 0.3) is 0 Å². The molecule has 0 unspecified atom stereocenters. The molecule has 6 rings (SSSR count). The second-order valence-corrected chi connectivity index (χ2v) is 16.0. The Morgan fingerprint density at radius 1 is 1.08 bits per heavy atom. The van der Waals surface area contributed by atoms with Crippen LogP contribution in [0.4, 0.5) is 0 Å². The molecule has 6 heteroatoms. The Morgan fingerprint density at radius 3 is 2.34 bits per heavy atom. The van der Waals surface area contributed by atoms with Crippen LogP contribution in [-0.4, -0.2) is 52.0 Å². The van der Waals surface area contributed by atoms with E-state index < -0.39 is 6.10 Å². The summed E-state index contributed by atoms with van der Waals surface area (Å²) in [5.74, 6) is 0.760. The highest BCUT2D eigenvalue weighted by molar-refractivity contribution is 5.85. The predicted octanol–water partition coefficient (Wildman–Crippen LogP) is 5.62. The lowest BCUT2D eigenvalue weighted by Gasteiger charge is -2.69. The fraction of sp³-hybridized carbons (Fsp3) is 0.938. The molecule has 6 fully saturated rings. The van der Waals surface area contributed by atoms with Gasteiger partial charge in [0.2, 0.25) is 0 Å². The number of ketones is 1. The van der Waals surface area contributed by atoms with Crippen LogP contribution in [0.2, 0.25) is 0 Å². The van der Waals surface area contributed by atoms with Gasteiger partial charge in [0, 0.05) is 30.6 Å². The van der Waals surface area contributed by atoms with Gasteiger partial charge in [-0.3, -0.25) is 9.59 Å². The van der Waals surface area contributed by atoms with E-state index in [1.54, 1.807) is 0 Å². The van der Waals surface area contributed by atoms with Crippen LogP contribution in [0.3, 0.4) is 0 Å². The molecule has 1 spiro atoms. The van der Waals surface area contributed by atoms with Crippen molar-refractivity contribution in [2.75, 3.05) is 0 Å². The first-order valence-electron chi connectivity index (χ1n) is 15.2. The molecule has 2 heterocycles. The van der Waals surface area contributed by atoms with E-state index in [4.69, 9.17) is 14.2 Å². The summed E-state index contributed by atoms with van der Waals surface area (Å²) in [7, 11) is 0. The molecular weight excluding hydrogens is 480 g/mol. The number of fused-ring (bicyclic) bond motifs is 4. The Kier molecular flexibility index (Phi) is 5.47. The zero-order valence-corrected chi connectivity index (χ0v) is 25.1. The average molecular weight is 531 g/mol. The monoisotopic (exact) mass is 530 g/mol. The highest BCUT2D eigenvalue weighted by Gasteiger charge is 2.88. The third kappa shape index (κ3) is 3.06. The molecule has 214 valence electrons. The van der Waals surface area contributed by atoms with Crippen LogP contribution in [0.1, 0.15) is 114 Å². The summed E-state index contributed by atoms with van der Waals surface area (Å²) in [6.45, 7) is 19.4. The Bertz CT molecular complexity index is 1070. The first-order valence-corrected chi connectivity index (χ1v) is 15.2. The summed E-state index contributed by atoms with van der Waals surface area (Å²) in [4.78, 5) is 24.9. The van der Waals surface area contributed by atoms with Gasteiger partial charge in [0.05, 0.1) is 11.7 Å². The van der Waals surface area contributed by atoms with Gasteiger partial charge in [-0.05, 0) is 81.0 Å². The maximum Gasteiger partial charge on any atom is 0.302 e. The van der Waals surface area contributed by atoms with Gasteiger partial charge in [-0.15, -0.1) is 0 Å². The summed E-state index contributed by atoms with van der Waals surface area (Å²) in [5, 5.41) is 12.1. The molecule has 4 saturated carbocycles. The minimum absolute atomic E-state index is 0.0516. The summed E-state index contributed by atoms with van der Waals surface area (Å²) in [6.07, 6.45) is 6.17. The molecule has 1 N–H and O–H groups in total. The number of epoxide rings is 2. The van der Waals surface area contributed by atoms with Crippen molar-refractivity contribution >= 4 is 11.8 Å². The van der Waals surface area contributed by atoms with Crippen molar-refractivity contribution in [3.05, 3.63) is 0 Å². The number of ether oxygens (including phenoxy) is 3. The summed E-state index contributed by atoms with van der Waals surface area (Å²) < 4.78 is 18.7. The number of carbonyl (C=O) groups is 2. The number of hydrogen-bond acceptors (Lipinski definition) is 6. The Morgan fingerprint density at radius 2 is 1.74 bits per heavy atom. The van der Waals surface area contributed by atoms with E-state index in [0.717, 1.165) is 32.1 Å². The van der Waals surface area contributed by atoms with Crippen molar-refractivity contribution in [3.8, 4) is 0 Å². The number of aliphatic hydroxyl groups is 1. The van der Waals surface area contributed by atoms with E-state index in [1.165, 1.54) is 6.92 Å². The number of rotatable bonds is 5.